The van der Waals surface area contributed by atoms with E-state index in [4.69, 9.17) is 0 Å². The number of fused-ring (bicyclic) bond motifs is 1. The number of nitrogens with zero attached hydrogens (tertiary/aromatic N) is 1. The van der Waals surface area contributed by atoms with Crippen LogP contribution in [0, 0.1) is 0 Å². The standard InChI is InChI=1S/C9H5NO2/c11-8-1-2-9(12)7-5-10-4-3-6(7)8/h1-5H. The first kappa shape index (κ1) is 6.91. The second-order valence-corrected chi connectivity index (χ2v) is 2.48. The molecule has 0 unspecified atom stereocenters. The topological polar surface area (TPSA) is 47.0 Å². The Morgan fingerprint density at radius 2 is 1.67 bits per heavy atom. The average molecular weight is 159 g/mol. The number of rotatable bonds is 0. The van der Waals surface area contributed by atoms with Gasteiger partial charge < -0.3 is 0 Å². The molecular weight excluding hydrogens is 154 g/mol. The van der Waals surface area contributed by atoms with Crippen LogP contribution in [0.25, 0.3) is 0 Å². The van der Waals surface area contributed by atoms with Gasteiger partial charge in [0.15, 0.2) is 11.6 Å². The van der Waals surface area contributed by atoms with Crippen LogP contribution in [0.15, 0.2) is 30.6 Å². The first-order valence-electron chi connectivity index (χ1n) is 3.50. The van der Waals surface area contributed by atoms with Gasteiger partial charge in [-0.15, -0.1) is 0 Å². The van der Waals surface area contributed by atoms with Crippen molar-refractivity contribution >= 4 is 11.6 Å². The summed E-state index contributed by atoms with van der Waals surface area (Å²) < 4.78 is 0. The molecule has 0 spiro atoms. The van der Waals surface area contributed by atoms with Crippen molar-refractivity contribution < 1.29 is 9.59 Å². The fourth-order valence-electron chi connectivity index (χ4n) is 1.14. The van der Waals surface area contributed by atoms with Crippen molar-refractivity contribution in [3.63, 3.8) is 0 Å². The first-order valence-corrected chi connectivity index (χ1v) is 3.50. The molecule has 3 nitrogen and oxygen atoms in total. The van der Waals surface area contributed by atoms with Crippen LogP contribution in [0.4, 0.5) is 0 Å². The maximum atomic E-state index is 11.2. The number of pyridine rings is 1. The molecule has 3 heteroatoms. The minimum Gasteiger partial charge on any atom is -0.289 e. The summed E-state index contributed by atoms with van der Waals surface area (Å²) in [5.74, 6) is -0.287. The largest absolute Gasteiger partial charge is 0.289 e. The maximum Gasteiger partial charge on any atom is 0.188 e. The smallest absolute Gasteiger partial charge is 0.188 e. The molecule has 0 bridgehead atoms. The summed E-state index contributed by atoms with van der Waals surface area (Å²) in [7, 11) is 0. The molecule has 1 aromatic heterocycles. The van der Waals surface area contributed by atoms with E-state index >= 15 is 0 Å². The maximum absolute atomic E-state index is 11.2. The highest BCUT2D eigenvalue weighted by molar-refractivity contribution is 6.21. The van der Waals surface area contributed by atoms with Gasteiger partial charge in [-0.3, -0.25) is 14.6 Å². The van der Waals surface area contributed by atoms with Gasteiger partial charge in [0.05, 0.1) is 5.56 Å². The average Bonchev–Trinajstić information content (AvgIpc) is 2.12. The Bertz CT molecular complexity index is 356. The third-order valence-corrected chi connectivity index (χ3v) is 1.74. The van der Waals surface area contributed by atoms with Crippen LogP contribution in [0.2, 0.25) is 0 Å². The van der Waals surface area contributed by atoms with Crippen molar-refractivity contribution in [3.05, 3.63) is 41.7 Å². The lowest BCUT2D eigenvalue weighted by Gasteiger charge is -2.05. The van der Waals surface area contributed by atoms with E-state index in [1.54, 1.807) is 6.07 Å². The van der Waals surface area contributed by atoms with Crippen molar-refractivity contribution in [2.75, 3.05) is 0 Å². The van der Waals surface area contributed by atoms with Gasteiger partial charge in [-0.25, -0.2) is 0 Å². The van der Waals surface area contributed by atoms with E-state index in [-0.39, 0.29) is 11.6 Å². The zero-order valence-electron chi connectivity index (χ0n) is 6.15. The van der Waals surface area contributed by atoms with E-state index in [2.05, 4.69) is 4.98 Å². The molecule has 12 heavy (non-hydrogen) atoms. The molecule has 0 saturated heterocycles. The Morgan fingerprint density at radius 1 is 1.00 bits per heavy atom. The van der Waals surface area contributed by atoms with Crippen LogP contribution < -0.4 is 0 Å². The number of allylic oxidation sites excluding steroid dienone is 2. The summed E-state index contributed by atoms with van der Waals surface area (Å²) in [5.41, 5.74) is 0.836. The molecule has 1 aliphatic rings. The van der Waals surface area contributed by atoms with Crippen LogP contribution in [0.5, 0.6) is 0 Å². The monoisotopic (exact) mass is 159 g/mol. The van der Waals surface area contributed by atoms with Crippen LogP contribution in [0.1, 0.15) is 20.7 Å². The highest BCUT2D eigenvalue weighted by atomic mass is 16.1. The Labute approximate surface area is 68.7 Å². The van der Waals surface area contributed by atoms with Gasteiger partial charge in [0.25, 0.3) is 0 Å². The van der Waals surface area contributed by atoms with Crippen molar-refractivity contribution in [2.24, 2.45) is 0 Å². The number of carbonyl (C=O) groups excluding carboxylic acids is 2. The summed E-state index contributed by atoms with van der Waals surface area (Å²) in [4.78, 5) is 26.1. The molecule has 0 saturated carbocycles. The predicted octanol–water partition coefficient (Wildman–Crippen LogP) is 1.02. The van der Waals surface area contributed by atoms with E-state index in [9.17, 15) is 9.59 Å². The van der Waals surface area contributed by atoms with Crippen LogP contribution in [-0.4, -0.2) is 16.6 Å². The summed E-state index contributed by atoms with van der Waals surface area (Å²) in [5, 5.41) is 0. The third-order valence-electron chi connectivity index (χ3n) is 1.74. The van der Waals surface area contributed by atoms with Crippen LogP contribution in [-0.2, 0) is 0 Å². The first-order chi connectivity index (χ1) is 5.79. The number of carbonyl (C=O) groups is 2. The lowest BCUT2D eigenvalue weighted by Crippen LogP contribution is -2.11. The fraction of sp³-hybridized carbons (Fsp3) is 0. The molecule has 1 heterocycles. The number of aromatic nitrogens is 1. The lowest BCUT2D eigenvalue weighted by atomic mass is 9.97. The van der Waals surface area contributed by atoms with Crippen LogP contribution in [0.3, 0.4) is 0 Å². The van der Waals surface area contributed by atoms with Crippen molar-refractivity contribution in [1.82, 2.24) is 4.98 Å². The van der Waals surface area contributed by atoms with Gasteiger partial charge in [0.2, 0.25) is 0 Å². The second-order valence-electron chi connectivity index (χ2n) is 2.48. The number of ketones is 2. The quantitative estimate of drug-likeness (QED) is 0.567. The predicted molar refractivity (Wildman–Crippen MR) is 42.0 cm³/mol. The molecule has 0 N–H and O–H groups in total. The zero-order valence-corrected chi connectivity index (χ0v) is 6.15. The van der Waals surface area contributed by atoms with Gasteiger partial charge in [-0.2, -0.15) is 0 Å². The molecule has 0 aliphatic heterocycles. The minimum absolute atomic E-state index is 0.132. The normalized spacial score (nSPS) is 14.7. The summed E-state index contributed by atoms with van der Waals surface area (Å²) in [6.07, 6.45) is 5.47. The fourth-order valence-corrected chi connectivity index (χ4v) is 1.14. The van der Waals surface area contributed by atoms with Gasteiger partial charge in [-0.1, -0.05) is 0 Å². The molecule has 0 aromatic carbocycles. The summed E-state index contributed by atoms with van der Waals surface area (Å²) in [6.45, 7) is 0. The van der Waals surface area contributed by atoms with Crippen LogP contribution >= 0.6 is 0 Å². The number of hydrogen-bond donors (Lipinski definition) is 0. The molecule has 0 atom stereocenters. The Kier molecular flexibility index (Phi) is 1.37. The molecule has 58 valence electrons. The molecule has 1 aliphatic carbocycles. The molecular formula is C9H5NO2. The van der Waals surface area contributed by atoms with E-state index in [0.717, 1.165) is 0 Å². The van der Waals surface area contributed by atoms with Gasteiger partial charge >= 0.3 is 0 Å². The molecule has 0 radical (unpaired) electrons. The zero-order chi connectivity index (χ0) is 8.55. The van der Waals surface area contributed by atoms with Crippen molar-refractivity contribution in [1.29, 1.82) is 0 Å². The summed E-state index contributed by atoms with van der Waals surface area (Å²) >= 11 is 0. The van der Waals surface area contributed by atoms with Gasteiger partial charge in [0.1, 0.15) is 0 Å². The molecule has 2 rings (SSSR count). The highest BCUT2D eigenvalue weighted by Gasteiger charge is 2.17. The summed E-state index contributed by atoms with van der Waals surface area (Å²) in [6, 6.07) is 1.55. The Hall–Kier alpha value is -1.77. The Morgan fingerprint density at radius 3 is 2.33 bits per heavy atom. The Balaban J connectivity index is 2.69. The van der Waals surface area contributed by atoms with Gasteiger partial charge in [0, 0.05) is 18.0 Å². The highest BCUT2D eigenvalue weighted by Crippen LogP contribution is 2.14. The molecule has 0 fully saturated rings. The number of hydrogen-bond acceptors (Lipinski definition) is 3. The molecule has 1 aromatic rings. The van der Waals surface area contributed by atoms with Crippen molar-refractivity contribution in [3.8, 4) is 0 Å². The van der Waals surface area contributed by atoms with E-state index in [1.807, 2.05) is 0 Å². The van der Waals surface area contributed by atoms with E-state index < -0.39 is 0 Å². The molecule has 0 amide bonds. The van der Waals surface area contributed by atoms with Crippen molar-refractivity contribution in [2.45, 2.75) is 0 Å². The second kappa shape index (κ2) is 2.37. The SMILES string of the molecule is O=C1C=CC(=O)c2cnccc21. The minimum atomic E-state index is -0.155. The van der Waals surface area contributed by atoms with E-state index in [0.29, 0.717) is 11.1 Å². The lowest BCUT2D eigenvalue weighted by molar-refractivity contribution is 0.0993. The van der Waals surface area contributed by atoms with Gasteiger partial charge in [-0.05, 0) is 18.2 Å². The van der Waals surface area contributed by atoms with E-state index in [1.165, 1.54) is 24.5 Å². The third kappa shape index (κ3) is 0.871.